The van der Waals surface area contributed by atoms with Gasteiger partial charge in [-0.15, -0.1) is 0 Å². The Kier molecular flexibility index (Phi) is 6.33. The third-order valence-corrected chi connectivity index (χ3v) is 6.94. The van der Waals surface area contributed by atoms with Gasteiger partial charge in [0.15, 0.2) is 0 Å². The molecule has 0 spiro atoms. The van der Waals surface area contributed by atoms with E-state index >= 15 is 0 Å². The molecule has 0 saturated carbocycles. The fraction of sp³-hybridized carbons (Fsp3) is 0.857. The lowest BCUT2D eigenvalue weighted by molar-refractivity contribution is -0.133. The number of rotatable bonds is 6. The highest BCUT2D eigenvalue weighted by atomic mass is 32.2. The Morgan fingerprint density at radius 3 is 2.74 bits per heavy atom. The minimum absolute atomic E-state index is 0.0309. The summed E-state index contributed by atoms with van der Waals surface area (Å²) in [4.78, 5) is 27.3. The van der Waals surface area contributed by atoms with Crippen LogP contribution in [0.3, 0.4) is 0 Å². The van der Waals surface area contributed by atoms with Gasteiger partial charge in [-0.05, 0) is 32.6 Å². The van der Waals surface area contributed by atoms with Gasteiger partial charge in [0.05, 0.1) is 5.25 Å². The molecule has 0 aromatic carbocycles. The summed E-state index contributed by atoms with van der Waals surface area (Å²) in [5, 5.41) is -0.487. The normalized spacial score (nSPS) is 22.9. The second-order valence-corrected chi connectivity index (χ2v) is 9.69. The van der Waals surface area contributed by atoms with Crippen LogP contribution in [0.25, 0.3) is 0 Å². The van der Waals surface area contributed by atoms with E-state index in [4.69, 9.17) is 0 Å². The van der Waals surface area contributed by atoms with Crippen LogP contribution in [0, 0.1) is 5.92 Å². The molecule has 2 aliphatic rings. The van der Waals surface area contributed by atoms with Crippen LogP contribution < -0.4 is 4.72 Å². The van der Waals surface area contributed by atoms with E-state index in [1.165, 1.54) is 11.8 Å². The van der Waals surface area contributed by atoms with Crippen LogP contribution in [0.5, 0.6) is 0 Å². The summed E-state index contributed by atoms with van der Waals surface area (Å²) >= 11 is 1.25. The Morgan fingerprint density at radius 1 is 1.39 bits per heavy atom. The first kappa shape index (κ1) is 18.5. The molecule has 0 aromatic rings. The molecule has 7 nitrogen and oxygen atoms in total. The van der Waals surface area contributed by atoms with Gasteiger partial charge in [-0.25, -0.2) is 13.1 Å². The van der Waals surface area contributed by atoms with Gasteiger partial charge in [0.25, 0.3) is 5.24 Å². The summed E-state index contributed by atoms with van der Waals surface area (Å²) < 4.78 is 26.3. The molecule has 0 radical (unpaired) electrons. The monoisotopic (exact) mass is 363 g/mol. The topological polar surface area (TPSA) is 86.8 Å². The van der Waals surface area contributed by atoms with Crippen molar-refractivity contribution in [3.63, 3.8) is 0 Å². The molecule has 0 aromatic heterocycles. The van der Waals surface area contributed by atoms with Crippen LogP contribution in [0.4, 0.5) is 4.79 Å². The molecule has 1 N–H and O–H groups in total. The number of nitrogens with one attached hydrogen (secondary N) is 1. The van der Waals surface area contributed by atoms with Crippen LogP contribution in [-0.4, -0.2) is 73.1 Å². The quantitative estimate of drug-likeness (QED) is 0.751. The summed E-state index contributed by atoms with van der Waals surface area (Å²) in [7, 11) is -3.27. The van der Waals surface area contributed by atoms with Crippen molar-refractivity contribution in [2.75, 3.05) is 38.5 Å². The molecule has 2 saturated heterocycles. The molecular weight excluding hydrogens is 338 g/mol. The van der Waals surface area contributed by atoms with Gasteiger partial charge in [-0.3, -0.25) is 9.59 Å². The van der Waals surface area contributed by atoms with Gasteiger partial charge in [0.2, 0.25) is 15.9 Å². The number of carbonyl (C=O) groups is 2. The smallest absolute Gasteiger partial charge is 0.282 e. The highest BCUT2D eigenvalue weighted by Crippen LogP contribution is 2.19. The van der Waals surface area contributed by atoms with Crippen LogP contribution in [0.15, 0.2) is 0 Å². The van der Waals surface area contributed by atoms with E-state index in [0.717, 1.165) is 18.6 Å². The largest absolute Gasteiger partial charge is 0.341 e. The second-order valence-electron chi connectivity index (χ2n) is 6.33. The second kappa shape index (κ2) is 7.85. The molecule has 0 bridgehead atoms. The average Bonchev–Trinajstić information content (AvgIpc) is 2.90. The Labute approximate surface area is 142 Å². The Hall–Kier alpha value is -0.800. The lowest BCUT2D eigenvalue weighted by atomic mass is 9.98. The first-order valence-corrected chi connectivity index (χ1v) is 10.5. The fourth-order valence-corrected chi connectivity index (χ4v) is 4.32. The molecule has 132 valence electrons. The first-order valence-electron chi connectivity index (χ1n) is 7.97. The van der Waals surface area contributed by atoms with Crippen LogP contribution in [0.1, 0.15) is 26.7 Å². The average molecular weight is 364 g/mol. The van der Waals surface area contributed by atoms with Crippen molar-refractivity contribution in [3.05, 3.63) is 0 Å². The van der Waals surface area contributed by atoms with Gasteiger partial charge in [0, 0.05) is 31.9 Å². The number of nitrogens with zero attached hydrogens (tertiary/aromatic N) is 2. The predicted molar refractivity (Wildman–Crippen MR) is 90.8 cm³/mol. The maximum atomic E-state index is 12.3. The fourth-order valence-electron chi connectivity index (χ4n) is 2.69. The van der Waals surface area contributed by atoms with Gasteiger partial charge in [-0.1, -0.05) is 11.8 Å². The predicted octanol–water partition coefficient (Wildman–Crippen LogP) is 0.722. The van der Waals surface area contributed by atoms with Crippen LogP contribution >= 0.6 is 11.8 Å². The Bertz CT molecular complexity index is 550. The molecule has 2 amide bonds. The number of piperidine rings is 1. The SMILES string of the molecule is CC(C)S(=O)(=O)NCC1CCCN(C(=O)CN2CCSC2=O)C1. The first-order chi connectivity index (χ1) is 10.8. The van der Waals surface area contributed by atoms with E-state index in [0.29, 0.717) is 26.2 Å². The highest BCUT2D eigenvalue weighted by Gasteiger charge is 2.29. The van der Waals surface area contributed by atoms with E-state index in [1.807, 2.05) is 0 Å². The van der Waals surface area contributed by atoms with E-state index in [2.05, 4.69) is 4.72 Å². The van der Waals surface area contributed by atoms with E-state index in [1.54, 1.807) is 23.6 Å². The third kappa shape index (κ3) is 5.09. The van der Waals surface area contributed by atoms with Crippen molar-refractivity contribution in [2.45, 2.75) is 31.9 Å². The molecule has 2 heterocycles. The third-order valence-electron chi connectivity index (χ3n) is 4.24. The standard InChI is InChI=1S/C14H25N3O4S2/c1-11(2)23(20,21)15-8-12-4-3-5-16(9-12)13(18)10-17-6-7-22-14(17)19/h11-12,15H,3-10H2,1-2H3. The number of carbonyl (C=O) groups excluding carboxylic acids is 2. The Morgan fingerprint density at radius 2 is 2.13 bits per heavy atom. The van der Waals surface area contributed by atoms with Crippen molar-refractivity contribution in [1.29, 1.82) is 0 Å². The van der Waals surface area contributed by atoms with E-state index in [-0.39, 0.29) is 23.6 Å². The maximum absolute atomic E-state index is 12.3. The lowest BCUT2D eigenvalue weighted by Crippen LogP contribution is -2.47. The molecule has 23 heavy (non-hydrogen) atoms. The summed E-state index contributed by atoms with van der Waals surface area (Å²) in [6, 6.07) is 0. The summed E-state index contributed by atoms with van der Waals surface area (Å²) in [5.41, 5.74) is 0. The lowest BCUT2D eigenvalue weighted by Gasteiger charge is -2.33. The van der Waals surface area contributed by atoms with Gasteiger partial charge < -0.3 is 9.80 Å². The number of hydrogen-bond acceptors (Lipinski definition) is 5. The van der Waals surface area contributed by atoms with Crippen molar-refractivity contribution in [3.8, 4) is 0 Å². The number of thioether (sulfide) groups is 1. The van der Waals surface area contributed by atoms with Crippen molar-refractivity contribution in [1.82, 2.24) is 14.5 Å². The molecule has 2 aliphatic heterocycles. The summed E-state index contributed by atoms with van der Waals surface area (Å²) in [5.74, 6) is 0.827. The molecule has 2 rings (SSSR count). The molecule has 2 fully saturated rings. The number of amides is 2. The number of hydrogen-bond donors (Lipinski definition) is 1. The minimum atomic E-state index is -3.27. The van der Waals surface area contributed by atoms with Crippen molar-refractivity contribution in [2.24, 2.45) is 5.92 Å². The minimum Gasteiger partial charge on any atom is -0.341 e. The van der Waals surface area contributed by atoms with Crippen LogP contribution in [-0.2, 0) is 14.8 Å². The zero-order chi connectivity index (χ0) is 17.0. The summed E-state index contributed by atoms with van der Waals surface area (Å²) in [6.07, 6.45) is 1.77. The van der Waals surface area contributed by atoms with Gasteiger partial charge in [-0.2, -0.15) is 0 Å². The maximum Gasteiger partial charge on any atom is 0.282 e. The van der Waals surface area contributed by atoms with E-state index < -0.39 is 15.3 Å². The highest BCUT2D eigenvalue weighted by molar-refractivity contribution is 8.13. The zero-order valence-electron chi connectivity index (χ0n) is 13.7. The van der Waals surface area contributed by atoms with Crippen LogP contribution in [0.2, 0.25) is 0 Å². The molecular formula is C14H25N3O4S2. The Balaban J connectivity index is 1.83. The summed E-state index contributed by atoms with van der Waals surface area (Å²) in [6.45, 7) is 5.64. The number of likely N-dealkylation sites (tertiary alicyclic amines) is 1. The molecule has 1 atom stereocenters. The zero-order valence-corrected chi connectivity index (χ0v) is 15.3. The molecule has 9 heteroatoms. The van der Waals surface area contributed by atoms with Crippen molar-refractivity contribution >= 4 is 32.9 Å². The van der Waals surface area contributed by atoms with Crippen molar-refractivity contribution < 1.29 is 18.0 Å². The van der Waals surface area contributed by atoms with Gasteiger partial charge >= 0.3 is 0 Å². The van der Waals surface area contributed by atoms with E-state index in [9.17, 15) is 18.0 Å². The number of sulfonamides is 1. The molecule has 1 unspecified atom stereocenters. The molecule has 0 aliphatic carbocycles. The van der Waals surface area contributed by atoms with Gasteiger partial charge in [0.1, 0.15) is 6.54 Å².